The molecular formula is C14H23N3O2S. The second kappa shape index (κ2) is 6.56. The quantitative estimate of drug-likeness (QED) is 0.772. The van der Waals surface area contributed by atoms with E-state index in [-0.39, 0.29) is 12.1 Å². The Kier molecular flexibility index (Phi) is 5.01. The van der Waals surface area contributed by atoms with E-state index in [0.29, 0.717) is 17.1 Å². The Morgan fingerprint density at radius 2 is 2.05 bits per heavy atom. The Morgan fingerprint density at radius 3 is 2.75 bits per heavy atom. The third kappa shape index (κ3) is 3.71. The lowest BCUT2D eigenvalue weighted by atomic mass is 9.91. The van der Waals surface area contributed by atoms with Crippen molar-refractivity contribution in [1.29, 1.82) is 0 Å². The Balaban J connectivity index is 2.20. The molecule has 2 atom stereocenters. The maximum absolute atomic E-state index is 12.2. The minimum atomic E-state index is -3.45. The van der Waals surface area contributed by atoms with Crippen molar-refractivity contribution in [3.8, 4) is 0 Å². The van der Waals surface area contributed by atoms with E-state index in [1.165, 1.54) is 0 Å². The van der Waals surface area contributed by atoms with Gasteiger partial charge in [-0.3, -0.25) is 0 Å². The van der Waals surface area contributed by atoms with Crippen LogP contribution in [0.5, 0.6) is 0 Å². The molecule has 1 aliphatic rings. The van der Waals surface area contributed by atoms with E-state index >= 15 is 0 Å². The van der Waals surface area contributed by atoms with Gasteiger partial charge in [-0.05, 0) is 37.8 Å². The normalized spacial score (nSPS) is 23.5. The summed E-state index contributed by atoms with van der Waals surface area (Å²) in [6.45, 7) is 2.15. The van der Waals surface area contributed by atoms with Gasteiger partial charge in [0.15, 0.2) is 0 Å². The SMILES string of the molecule is CCNS(=O)(=O)c1ccccc1NC1CCCC(N)C1. The van der Waals surface area contributed by atoms with Crippen LogP contribution in [0.15, 0.2) is 29.2 Å². The van der Waals surface area contributed by atoms with Gasteiger partial charge in [-0.2, -0.15) is 0 Å². The Bertz CT molecular complexity index is 545. The third-order valence-electron chi connectivity index (χ3n) is 3.59. The summed E-state index contributed by atoms with van der Waals surface area (Å²) in [4.78, 5) is 0.306. The molecule has 2 unspecified atom stereocenters. The highest BCUT2D eigenvalue weighted by Gasteiger charge is 2.22. The average molecular weight is 297 g/mol. The molecule has 0 amide bonds. The molecule has 1 fully saturated rings. The van der Waals surface area contributed by atoms with E-state index in [0.717, 1.165) is 25.7 Å². The van der Waals surface area contributed by atoms with Crippen LogP contribution >= 0.6 is 0 Å². The number of anilines is 1. The van der Waals surface area contributed by atoms with Crippen LogP contribution in [0.2, 0.25) is 0 Å². The Morgan fingerprint density at radius 1 is 1.30 bits per heavy atom. The fraction of sp³-hybridized carbons (Fsp3) is 0.571. The van der Waals surface area contributed by atoms with Gasteiger partial charge in [0.2, 0.25) is 10.0 Å². The maximum atomic E-state index is 12.2. The average Bonchev–Trinajstić information content (AvgIpc) is 2.39. The molecule has 0 radical (unpaired) electrons. The molecule has 0 spiro atoms. The van der Waals surface area contributed by atoms with E-state index in [9.17, 15) is 8.42 Å². The molecule has 0 aromatic heterocycles. The molecule has 5 nitrogen and oxygen atoms in total. The number of para-hydroxylation sites is 1. The van der Waals surface area contributed by atoms with Gasteiger partial charge in [-0.1, -0.05) is 19.1 Å². The minimum Gasteiger partial charge on any atom is -0.381 e. The summed E-state index contributed by atoms with van der Waals surface area (Å²) in [6.07, 6.45) is 4.05. The zero-order valence-corrected chi connectivity index (χ0v) is 12.6. The monoisotopic (exact) mass is 297 g/mol. The first-order valence-electron chi connectivity index (χ1n) is 7.13. The van der Waals surface area contributed by atoms with Crippen LogP contribution in [0.4, 0.5) is 5.69 Å². The fourth-order valence-corrected chi connectivity index (χ4v) is 3.88. The highest BCUT2D eigenvalue weighted by Crippen LogP contribution is 2.25. The van der Waals surface area contributed by atoms with Crippen LogP contribution in [-0.4, -0.2) is 27.0 Å². The van der Waals surface area contributed by atoms with Crippen LogP contribution in [0.25, 0.3) is 0 Å². The van der Waals surface area contributed by atoms with Gasteiger partial charge in [0.1, 0.15) is 4.90 Å². The predicted octanol–water partition coefficient (Wildman–Crippen LogP) is 1.67. The lowest BCUT2D eigenvalue weighted by molar-refractivity contribution is 0.409. The van der Waals surface area contributed by atoms with Crippen LogP contribution in [0, 0.1) is 0 Å². The molecule has 0 saturated heterocycles. The van der Waals surface area contributed by atoms with E-state index < -0.39 is 10.0 Å². The third-order valence-corrected chi connectivity index (χ3v) is 5.19. The van der Waals surface area contributed by atoms with Crippen LogP contribution < -0.4 is 15.8 Å². The largest absolute Gasteiger partial charge is 0.381 e. The first-order chi connectivity index (χ1) is 9.53. The fourth-order valence-electron chi connectivity index (χ4n) is 2.67. The second-order valence-corrected chi connectivity index (χ2v) is 7.00. The summed E-state index contributed by atoms with van der Waals surface area (Å²) in [5.41, 5.74) is 6.64. The number of rotatable bonds is 5. The van der Waals surface area contributed by atoms with E-state index in [1.807, 2.05) is 12.1 Å². The van der Waals surface area contributed by atoms with E-state index in [1.54, 1.807) is 19.1 Å². The molecule has 0 bridgehead atoms. The summed E-state index contributed by atoms with van der Waals surface area (Å²) in [7, 11) is -3.45. The Labute approximate surface area is 121 Å². The summed E-state index contributed by atoms with van der Waals surface area (Å²) >= 11 is 0. The molecule has 1 aromatic rings. The van der Waals surface area contributed by atoms with Crippen molar-refractivity contribution < 1.29 is 8.42 Å². The van der Waals surface area contributed by atoms with Gasteiger partial charge in [0, 0.05) is 18.6 Å². The van der Waals surface area contributed by atoms with Gasteiger partial charge in [-0.25, -0.2) is 13.1 Å². The molecule has 0 heterocycles. The zero-order chi connectivity index (χ0) is 14.6. The van der Waals surface area contributed by atoms with Crippen molar-refractivity contribution in [3.63, 3.8) is 0 Å². The van der Waals surface area contributed by atoms with Crippen molar-refractivity contribution in [2.45, 2.75) is 49.6 Å². The molecule has 2 rings (SSSR count). The molecule has 6 heteroatoms. The van der Waals surface area contributed by atoms with Crippen molar-refractivity contribution in [3.05, 3.63) is 24.3 Å². The molecular weight excluding hydrogens is 274 g/mol. The lowest BCUT2D eigenvalue weighted by Crippen LogP contribution is -2.35. The second-order valence-electron chi connectivity index (χ2n) is 5.27. The van der Waals surface area contributed by atoms with Crippen molar-refractivity contribution in [2.75, 3.05) is 11.9 Å². The van der Waals surface area contributed by atoms with Crippen molar-refractivity contribution in [2.24, 2.45) is 5.73 Å². The van der Waals surface area contributed by atoms with E-state index in [2.05, 4.69) is 10.0 Å². The molecule has 4 N–H and O–H groups in total. The minimum absolute atomic E-state index is 0.207. The van der Waals surface area contributed by atoms with E-state index in [4.69, 9.17) is 5.73 Å². The topological polar surface area (TPSA) is 84.2 Å². The number of nitrogens with one attached hydrogen (secondary N) is 2. The number of hydrogen-bond acceptors (Lipinski definition) is 4. The highest BCUT2D eigenvalue weighted by molar-refractivity contribution is 7.89. The summed E-state index contributed by atoms with van der Waals surface area (Å²) in [5.74, 6) is 0. The van der Waals surface area contributed by atoms with Crippen LogP contribution in [0.1, 0.15) is 32.6 Å². The molecule has 1 saturated carbocycles. The molecule has 1 aliphatic carbocycles. The number of nitrogens with two attached hydrogens (primary N) is 1. The van der Waals surface area contributed by atoms with Gasteiger partial charge in [-0.15, -0.1) is 0 Å². The first-order valence-corrected chi connectivity index (χ1v) is 8.62. The summed E-state index contributed by atoms with van der Waals surface area (Å²) < 4.78 is 26.9. The lowest BCUT2D eigenvalue weighted by Gasteiger charge is -2.28. The van der Waals surface area contributed by atoms with Crippen molar-refractivity contribution in [1.82, 2.24) is 4.72 Å². The van der Waals surface area contributed by atoms with Gasteiger partial charge < -0.3 is 11.1 Å². The standard InChI is InChI=1S/C14H23N3O2S/c1-2-16-20(18,19)14-9-4-3-8-13(14)17-12-7-5-6-11(15)10-12/h3-4,8-9,11-12,16-17H,2,5-7,10,15H2,1H3. The first kappa shape index (κ1) is 15.3. The molecule has 20 heavy (non-hydrogen) atoms. The van der Waals surface area contributed by atoms with Crippen LogP contribution in [-0.2, 0) is 10.0 Å². The molecule has 0 aliphatic heterocycles. The Hall–Kier alpha value is -1.11. The molecule has 1 aromatic carbocycles. The summed E-state index contributed by atoms with van der Waals surface area (Å²) in [5, 5.41) is 3.35. The molecule has 112 valence electrons. The number of benzene rings is 1. The predicted molar refractivity (Wildman–Crippen MR) is 81.2 cm³/mol. The van der Waals surface area contributed by atoms with Crippen LogP contribution in [0.3, 0.4) is 0 Å². The van der Waals surface area contributed by atoms with Gasteiger partial charge >= 0.3 is 0 Å². The van der Waals surface area contributed by atoms with Gasteiger partial charge in [0.05, 0.1) is 5.69 Å². The number of hydrogen-bond donors (Lipinski definition) is 3. The highest BCUT2D eigenvalue weighted by atomic mass is 32.2. The zero-order valence-electron chi connectivity index (χ0n) is 11.8. The van der Waals surface area contributed by atoms with Crippen molar-refractivity contribution >= 4 is 15.7 Å². The number of sulfonamides is 1. The smallest absolute Gasteiger partial charge is 0.242 e. The summed E-state index contributed by atoms with van der Waals surface area (Å²) in [6, 6.07) is 7.47. The maximum Gasteiger partial charge on any atom is 0.242 e. The van der Waals surface area contributed by atoms with Gasteiger partial charge in [0.25, 0.3) is 0 Å².